The molecule has 0 atom stereocenters. The summed E-state index contributed by atoms with van der Waals surface area (Å²) in [6.45, 7) is 20.7. The molecule has 0 amide bonds. The van der Waals surface area contributed by atoms with E-state index in [9.17, 15) is 0 Å². The van der Waals surface area contributed by atoms with Gasteiger partial charge in [0.15, 0.2) is 0 Å². The zero-order valence-corrected chi connectivity index (χ0v) is 17.9. The quantitative estimate of drug-likeness (QED) is 0.463. The van der Waals surface area contributed by atoms with Gasteiger partial charge in [0.25, 0.3) is 0 Å². The van der Waals surface area contributed by atoms with Crippen LogP contribution in [0.2, 0.25) is 0 Å². The van der Waals surface area contributed by atoms with Crippen molar-refractivity contribution in [2.75, 3.05) is 5.09 Å². The van der Waals surface area contributed by atoms with Gasteiger partial charge in [-0.25, -0.2) is 0 Å². The zero-order chi connectivity index (χ0) is 16.6. The van der Waals surface area contributed by atoms with Crippen molar-refractivity contribution in [2.45, 2.75) is 78.6 Å². The fraction of sp³-hybridized carbons (Fsp3) is 0.667. The first kappa shape index (κ1) is 19.1. The Bertz CT molecular complexity index is 493. The molecule has 1 aromatic rings. The summed E-state index contributed by atoms with van der Waals surface area (Å²) < 4.78 is 0. The molecular weight excluding hydrogens is 357 g/mol. The molecule has 0 unspecified atom stereocenters. The van der Waals surface area contributed by atoms with E-state index >= 15 is 0 Å². The van der Waals surface area contributed by atoms with Gasteiger partial charge in [-0.2, -0.15) is 0 Å². The van der Waals surface area contributed by atoms with Gasteiger partial charge in [0, 0.05) is 0 Å². The van der Waals surface area contributed by atoms with E-state index in [4.69, 9.17) is 0 Å². The van der Waals surface area contributed by atoms with E-state index in [-0.39, 0.29) is 16.2 Å². The van der Waals surface area contributed by atoms with Crippen LogP contribution in [0, 0.1) is 0 Å². The fourth-order valence-corrected chi connectivity index (χ4v) is 3.43. The molecule has 0 radical (unpaired) electrons. The minimum absolute atomic E-state index is 0.134. The molecule has 0 aromatic heterocycles. The normalized spacial score (nSPS) is 13.6. The van der Waals surface area contributed by atoms with E-state index in [0.29, 0.717) is 0 Å². The zero-order valence-electron chi connectivity index (χ0n) is 15.0. The topological polar surface area (TPSA) is 12.0 Å². The summed E-state index contributed by atoms with van der Waals surface area (Å²) in [5.74, 6) is 0. The Balaban J connectivity index is 3.79. The van der Waals surface area contributed by atoms with Crippen LogP contribution in [0.1, 0.15) is 79.0 Å². The van der Waals surface area contributed by atoms with Crippen LogP contribution >= 0.6 is 6.37 Å². The van der Waals surface area contributed by atoms with Crippen molar-refractivity contribution in [3.63, 3.8) is 0 Å². The third kappa shape index (κ3) is 4.74. The molecule has 1 N–H and O–H groups in total. The van der Waals surface area contributed by atoms with Crippen molar-refractivity contribution in [2.24, 2.45) is 0 Å². The molecule has 118 valence electrons. The van der Waals surface area contributed by atoms with E-state index in [0.717, 1.165) is 0 Å². The second-order valence-corrected chi connectivity index (χ2v) is 10.7. The predicted molar refractivity (Wildman–Crippen MR) is 93.1 cm³/mol. The average molecular weight is 387 g/mol. The Hall–Kier alpha value is 0.00831. The van der Waals surface area contributed by atoms with Gasteiger partial charge in [0.1, 0.15) is 0 Å². The molecular formula is C18H30MoNP. The Morgan fingerprint density at radius 3 is 1.38 bits per heavy atom. The first-order valence-corrected chi connectivity index (χ1v) is 11.1. The molecule has 0 saturated heterocycles. The van der Waals surface area contributed by atoms with Crippen molar-refractivity contribution in [3.05, 3.63) is 28.8 Å². The number of rotatable bonds is 2. The van der Waals surface area contributed by atoms with Crippen LogP contribution in [0.5, 0.6) is 0 Å². The number of anilines is 1. The molecule has 0 saturated carbocycles. The summed E-state index contributed by atoms with van der Waals surface area (Å²) in [6.07, 6.45) is 1.21. The van der Waals surface area contributed by atoms with Gasteiger partial charge in [-0.3, -0.25) is 0 Å². The number of benzene rings is 1. The molecule has 0 aliphatic carbocycles. The Morgan fingerprint density at radius 2 is 1.14 bits per heavy atom. The monoisotopic (exact) mass is 389 g/mol. The second kappa shape index (κ2) is 6.25. The molecule has 0 heterocycles. The van der Waals surface area contributed by atoms with Crippen molar-refractivity contribution in [3.8, 4) is 0 Å². The third-order valence-corrected chi connectivity index (χ3v) is 4.77. The number of hydrogen-bond donors (Lipinski definition) is 1. The molecule has 3 heteroatoms. The van der Waals surface area contributed by atoms with Crippen LogP contribution in [0.4, 0.5) is 5.69 Å². The van der Waals surface area contributed by atoms with Gasteiger partial charge < -0.3 is 0 Å². The SMILES string of the molecule is CC(C)(C)c1cc(C(C)(C)C)c(N[P]=[Mo])c(C(C)(C)C)c1. The van der Waals surface area contributed by atoms with Gasteiger partial charge in [0.05, 0.1) is 0 Å². The Morgan fingerprint density at radius 1 is 0.762 bits per heavy atom. The van der Waals surface area contributed by atoms with Crippen LogP contribution in [0.25, 0.3) is 0 Å². The first-order valence-electron chi connectivity index (χ1n) is 7.56. The summed E-state index contributed by atoms with van der Waals surface area (Å²) in [5, 5.41) is 3.61. The van der Waals surface area contributed by atoms with Gasteiger partial charge in [-0.1, -0.05) is 0 Å². The Labute approximate surface area is 143 Å². The van der Waals surface area contributed by atoms with E-state index in [1.165, 1.54) is 28.7 Å². The van der Waals surface area contributed by atoms with Gasteiger partial charge in [-0.05, 0) is 0 Å². The molecule has 0 bridgehead atoms. The summed E-state index contributed by atoms with van der Waals surface area (Å²) in [5.41, 5.74) is 6.05. The van der Waals surface area contributed by atoms with Crippen molar-refractivity contribution >= 4 is 12.1 Å². The standard InChI is InChI=1S/C18H30NP.Mo/c1-16(2,3)12-10-13(17(4,5)6)15(19-20)14(11-12)18(7,8)9;/h10-11,19H,1-9H3;. The van der Waals surface area contributed by atoms with Gasteiger partial charge in [0.2, 0.25) is 0 Å². The van der Waals surface area contributed by atoms with Crippen LogP contribution in [-0.4, -0.2) is 0 Å². The average Bonchev–Trinajstić information content (AvgIpc) is 2.24. The molecule has 21 heavy (non-hydrogen) atoms. The Kier molecular flexibility index (Phi) is 5.67. The summed E-state index contributed by atoms with van der Waals surface area (Å²) in [7, 11) is 0. The van der Waals surface area contributed by atoms with E-state index < -0.39 is 0 Å². The van der Waals surface area contributed by atoms with Crippen molar-refractivity contribution < 1.29 is 18.8 Å². The second-order valence-electron chi connectivity index (χ2n) is 8.90. The number of hydrogen-bond acceptors (Lipinski definition) is 1. The summed E-state index contributed by atoms with van der Waals surface area (Å²) in [4.78, 5) is 0. The van der Waals surface area contributed by atoms with Gasteiger partial charge >= 0.3 is 143 Å². The van der Waals surface area contributed by atoms with E-state index in [1.54, 1.807) is 0 Å². The maximum absolute atomic E-state index is 3.61. The fourth-order valence-electron chi connectivity index (χ4n) is 2.42. The molecule has 1 nitrogen and oxygen atoms in total. The van der Waals surface area contributed by atoms with Crippen LogP contribution in [-0.2, 0) is 35.1 Å². The number of nitrogens with one attached hydrogen (secondary N) is 1. The molecule has 0 fully saturated rings. The van der Waals surface area contributed by atoms with Crippen molar-refractivity contribution in [1.29, 1.82) is 0 Å². The molecule has 0 aliphatic heterocycles. The summed E-state index contributed by atoms with van der Waals surface area (Å²) >= 11 is 2.08. The molecule has 1 rings (SSSR count). The van der Waals surface area contributed by atoms with Crippen LogP contribution in [0.3, 0.4) is 0 Å². The molecule has 0 spiro atoms. The predicted octanol–water partition coefficient (Wildman–Crippen LogP) is 6.31. The molecule has 0 aliphatic rings. The van der Waals surface area contributed by atoms with Crippen LogP contribution < -0.4 is 5.09 Å². The van der Waals surface area contributed by atoms with Crippen LogP contribution in [0.15, 0.2) is 12.1 Å². The van der Waals surface area contributed by atoms with Gasteiger partial charge in [-0.15, -0.1) is 0 Å². The summed E-state index contributed by atoms with van der Waals surface area (Å²) in [6, 6.07) is 4.81. The minimum atomic E-state index is 0.134. The molecule has 1 aromatic carbocycles. The first-order chi connectivity index (χ1) is 9.28. The third-order valence-electron chi connectivity index (χ3n) is 3.78. The van der Waals surface area contributed by atoms with Crippen molar-refractivity contribution in [1.82, 2.24) is 0 Å². The van der Waals surface area contributed by atoms with E-state index in [1.807, 2.05) is 0 Å². The maximum atomic E-state index is 3.61. The van der Waals surface area contributed by atoms with E-state index in [2.05, 4.69) is 98.3 Å².